The molecule has 0 spiro atoms. The van der Waals surface area contributed by atoms with Crippen molar-refractivity contribution in [1.82, 2.24) is 5.32 Å². The van der Waals surface area contributed by atoms with Crippen molar-refractivity contribution in [2.45, 2.75) is 6.54 Å². The van der Waals surface area contributed by atoms with Crippen LogP contribution in [-0.2, 0) is 6.54 Å². The fourth-order valence-electron chi connectivity index (χ4n) is 1.48. The molecule has 18 heavy (non-hydrogen) atoms. The molecule has 0 radical (unpaired) electrons. The second-order valence-electron chi connectivity index (χ2n) is 3.77. The number of benzene rings is 1. The van der Waals surface area contributed by atoms with Crippen LogP contribution in [0.15, 0.2) is 47.1 Å². The fourth-order valence-corrected chi connectivity index (χ4v) is 1.78. The Kier molecular flexibility index (Phi) is 4.23. The predicted molar refractivity (Wildman–Crippen MR) is 78.0 cm³/mol. The number of halogens is 1. The minimum absolute atomic E-state index is 0.573. The molecule has 0 amide bonds. The van der Waals surface area contributed by atoms with Gasteiger partial charge in [0, 0.05) is 17.8 Å². The molecule has 1 N–H and O–H groups in total. The van der Waals surface area contributed by atoms with Crippen molar-refractivity contribution in [3.8, 4) is 0 Å². The van der Waals surface area contributed by atoms with Gasteiger partial charge in [0.15, 0.2) is 5.11 Å². The highest BCUT2D eigenvalue weighted by Crippen LogP contribution is 2.16. The van der Waals surface area contributed by atoms with E-state index >= 15 is 0 Å². The molecule has 0 atom stereocenters. The summed E-state index contributed by atoms with van der Waals surface area (Å²) in [6.07, 6.45) is 1.64. The van der Waals surface area contributed by atoms with E-state index in [2.05, 4.69) is 5.32 Å². The van der Waals surface area contributed by atoms with Crippen molar-refractivity contribution in [2.75, 3.05) is 11.9 Å². The van der Waals surface area contributed by atoms with Crippen LogP contribution in [-0.4, -0.2) is 12.2 Å². The van der Waals surface area contributed by atoms with Gasteiger partial charge in [-0.1, -0.05) is 11.6 Å². The molecular formula is C13H13ClN2OS. The maximum atomic E-state index is 5.85. The van der Waals surface area contributed by atoms with Crippen molar-refractivity contribution in [3.05, 3.63) is 53.4 Å². The van der Waals surface area contributed by atoms with E-state index in [0.717, 1.165) is 11.4 Å². The molecule has 0 aliphatic rings. The number of thiocarbonyl (C=S) groups is 1. The molecule has 2 aromatic rings. The number of furan rings is 1. The van der Waals surface area contributed by atoms with Gasteiger partial charge in [-0.2, -0.15) is 0 Å². The van der Waals surface area contributed by atoms with Gasteiger partial charge in [0.25, 0.3) is 0 Å². The van der Waals surface area contributed by atoms with Crippen LogP contribution in [0.25, 0.3) is 0 Å². The Hall–Kier alpha value is -1.52. The molecule has 0 fully saturated rings. The highest BCUT2D eigenvalue weighted by Gasteiger charge is 2.06. The van der Waals surface area contributed by atoms with Gasteiger partial charge in [0.2, 0.25) is 0 Å². The minimum atomic E-state index is 0.573. The number of nitrogens with zero attached hydrogens (tertiary/aromatic N) is 1. The van der Waals surface area contributed by atoms with Crippen LogP contribution in [0, 0.1) is 0 Å². The lowest BCUT2D eigenvalue weighted by atomic mass is 10.3. The van der Waals surface area contributed by atoms with E-state index in [0.29, 0.717) is 16.7 Å². The Morgan fingerprint density at radius 1 is 1.33 bits per heavy atom. The van der Waals surface area contributed by atoms with E-state index in [1.165, 1.54) is 0 Å². The smallest absolute Gasteiger partial charge is 0.173 e. The molecule has 0 saturated carbocycles. The van der Waals surface area contributed by atoms with Crippen LogP contribution in [0.1, 0.15) is 5.76 Å². The number of anilines is 1. The molecular weight excluding hydrogens is 268 g/mol. The molecule has 1 heterocycles. The lowest BCUT2D eigenvalue weighted by Gasteiger charge is -2.20. The first-order valence-corrected chi connectivity index (χ1v) is 6.25. The molecule has 1 aromatic heterocycles. The Balaban J connectivity index is 1.94. The summed E-state index contributed by atoms with van der Waals surface area (Å²) in [4.78, 5) is 1.88. The van der Waals surface area contributed by atoms with Gasteiger partial charge in [-0.15, -0.1) is 0 Å². The lowest BCUT2D eigenvalue weighted by molar-refractivity contribution is 0.503. The Bertz CT molecular complexity index is 510. The third-order valence-electron chi connectivity index (χ3n) is 2.51. The zero-order valence-corrected chi connectivity index (χ0v) is 11.5. The van der Waals surface area contributed by atoms with Crippen molar-refractivity contribution in [2.24, 2.45) is 0 Å². The Labute approximate surface area is 116 Å². The largest absolute Gasteiger partial charge is 0.467 e. The second kappa shape index (κ2) is 5.89. The molecule has 0 aliphatic carbocycles. The summed E-state index contributed by atoms with van der Waals surface area (Å²) < 4.78 is 5.23. The fraction of sp³-hybridized carbons (Fsp3) is 0.154. The van der Waals surface area contributed by atoms with Crippen LogP contribution in [0.3, 0.4) is 0 Å². The van der Waals surface area contributed by atoms with E-state index in [4.69, 9.17) is 28.2 Å². The van der Waals surface area contributed by atoms with Gasteiger partial charge < -0.3 is 14.6 Å². The van der Waals surface area contributed by atoms with Crippen LogP contribution >= 0.6 is 23.8 Å². The van der Waals surface area contributed by atoms with E-state index in [1.54, 1.807) is 6.26 Å². The monoisotopic (exact) mass is 280 g/mol. The first-order chi connectivity index (χ1) is 8.66. The van der Waals surface area contributed by atoms with Gasteiger partial charge in [-0.25, -0.2) is 0 Å². The molecule has 5 heteroatoms. The van der Waals surface area contributed by atoms with Crippen LogP contribution in [0.2, 0.25) is 5.02 Å². The maximum absolute atomic E-state index is 5.85. The summed E-state index contributed by atoms with van der Waals surface area (Å²) in [6, 6.07) is 11.3. The lowest BCUT2D eigenvalue weighted by Crippen LogP contribution is -2.36. The summed E-state index contributed by atoms with van der Waals surface area (Å²) in [6.45, 7) is 0.573. The maximum Gasteiger partial charge on any atom is 0.173 e. The molecule has 3 nitrogen and oxygen atoms in total. The zero-order chi connectivity index (χ0) is 13.0. The number of hydrogen-bond donors (Lipinski definition) is 1. The summed E-state index contributed by atoms with van der Waals surface area (Å²) in [5.41, 5.74) is 0.983. The van der Waals surface area contributed by atoms with E-state index in [-0.39, 0.29) is 0 Å². The first-order valence-electron chi connectivity index (χ1n) is 5.46. The zero-order valence-electron chi connectivity index (χ0n) is 9.89. The van der Waals surface area contributed by atoms with Gasteiger partial charge in [0.1, 0.15) is 5.76 Å². The summed E-state index contributed by atoms with van der Waals surface area (Å²) in [5.74, 6) is 0.849. The third-order valence-corrected chi connectivity index (χ3v) is 3.18. The number of hydrogen-bond acceptors (Lipinski definition) is 2. The highest BCUT2D eigenvalue weighted by molar-refractivity contribution is 7.80. The van der Waals surface area contributed by atoms with Gasteiger partial charge in [-0.05, 0) is 48.6 Å². The molecule has 2 rings (SSSR count). The summed E-state index contributed by atoms with van der Waals surface area (Å²) >= 11 is 11.2. The number of nitrogens with one attached hydrogen (secondary N) is 1. The first kappa shape index (κ1) is 12.9. The Morgan fingerprint density at radius 2 is 2.06 bits per heavy atom. The minimum Gasteiger partial charge on any atom is -0.467 e. The summed E-state index contributed by atoms with van der Waals surface area (Å²) in [7, 11) is 1.90. The average Bonchev–Trinajstić information content (AvgIpc) is 2.89. The standard InChI is InChI=1S/C13H13ClN2OS/c1-16(11-6-4-10(14)5-7-11)13(18)15-9-12-3-2-8-17-12/h2-8H,9H2,1H3,(H,15,18). The Morgan fingerprint density at radius 3 is 2.67 bits per heavy atom. The van der Waals surface area contributed by atoms with Gasteiger partial charge in [-0.3, -0.25) is 0 Å². The second-order valence-corrected chi connectivity index (χ2v) is 4.60. The van der Waals surface area contributed by atoms with Crippen LogP contribution in [0.4, 0.5) is 5.69 Å². The van der Waals surface area contributed by atoms with E-state index in [9.17, 15) is 0 Å². The molecule has 1 aromatic carbocycles. The molecule has 0 aliphatic heterocycles. The third kappa shape index (κ3) is 3.24. The average molecular weight is 281 g/mol. The molecule has 0 bridgehead atoms. The van der Waals surface area contributed by atoms with Gasteiger partial charge in [0.05, 0.1) is 12.8 Å². The van der Waals surface area contributed by atoms with Crippen LogP contribution in [0.5, 0.6) is 0 Å². The number of rotatable bonds is 3. The van der Waals surface area contributed by atoms with Crippen molar-refractivity contribution in [3.63, 3.8) is 0 Å². The van der Waals surface area contributed by atoms with Crippen LogP contribution < -0.4 is 10.2 Å². The van der Waals surface area contributed by atoms with Crippen molar-refractivity contribution in [1.29, 1.82) is 0 Å². The normalized spacial score (nSPS) is 10.1. The quantitative estimate of drug-likeness (QED) is 0.872. The predicted octanol–water partition coefficient (Wildman–Crippen LogP) is 3.44. The molecule has 0 unspecified atom stereocenters. The molecule has 0 saturated heterocycles. The van der Waals surface area contributed by atoms with Crippen molar-refractivity contribution >= 4 is 34.6 Å². The van der Waals surface area contributed by atoms with E-state index in [1.807, 2.05) is 48.3 Å². The van der Waals surface area contributed by atoms with E-state index < -0.39 is 0 Å². The van der Waals surface area contributed by atoms with Crippen molar-refractivity contribution < 1.29 is 4.42 Å². The molecule has 94 valence electrons. The highest BCUT2D eigenvalue weighted by atomic mass is 35.5. The van der Waals surface area contributed by atoms with Gasteiger partial charge >= 0.3 is 0 Å². The topological polar surface area (TPSA) is 28.4 Å². The SMILES string of the molecule is CN(C(=S)NCc1ccco1)c1ccc(Cl)cc1. The summed E-state index contributed by atoms with van der Waals surface area (Å²) in [5, 5.41) is 4.47.